The molecule has 4 nitrogen and oxygen atoms in total. The van der Waals surface area contributed by atoms with Crippen molar-refractivity contribution < 1.29 is 4.74 Å². The molecule has 2 atom stereocenters. The Hall–Kier alpha value is -1.57. The predicted molar refractivity (Wildman–Crippen MR) is 76.1 cm³/mol. The minimum absolute atomic E-state index is 0.310. The monoisotopic (exact) mass is 259 g/mol. The molecule has 1 heterocycles. The number of para-hydroxylation sites is 1. The smallest absolute Gasteiger partial charge is 0.161 e. The lowest BCUT2D eigenvalue weighted by Crippen LogP contribution is -2.42. The van der Waals surface area contributed by atoms with E-state index in [0.29, 0.717) is 19.2 Å². The van der Waals surface area contributed by atoms with Crippen LogP contribution >= 0.6 is 0 Å². The minimum atomic E-state index is -0.323. The SMILES string of the molecule is CCNC(C)c1ccccc1N1CCOC(C#N)C1. The van der Waals surface area contributed by atoms with Crippen molar-refractivity contribution in [2.24, 2.45) is 0 Å². The highest BCUT2D eigenvalue weighted by Gasteiger charge is 2.22. The molecule has 2 unspecified atom stereocenters. The first-order valence-corrected chi connectivity index (χ1v) is 6.84. The number of hydrogen-bond acceptors (Lipinski definition) is 4. The molecular formula is C15H21N3O. The first-order valence-electron chi connectivity index (χ1n) is 6.84. The Labute approximate surface area is 115 Å². The molecule has 1 aromatic carbocycles. The average Bonchev–Trinajstić information content (AvgIpc) is 2.47. The zero-order valence-electron chi connectivity index (χ0n) is 11.6. The van der Waals surface area contributed by atoms with Gasteiger partial charge >= 0.3 is 0 Å². The summed E-state index contributed by atoms with van der Waals surface area (Å²) >= 11 is 0. The predicted octanol–water partition coefficient (Wildman–Crippen LogP) is 2.09. The van der Waals surface area contributed by atoms with Gasteiger partial charge in [0.25, 0.3) is 0 Å². The lowest BCUT2D eigenvalue weighted by atomic mass is 10.0. The van der Waals surface area contributed by atoms with Gasteiger partial charge in [-0.2, -0.15) is 5.26 Å². The van der Waals surface area contributed by atoms with Crippen LogP contribution in [0.25, 0.3) is 0 Å². The molecule has 0 aliphatic carbocycles. The molecule has 1 fully saturated rings. The highest BCUT2D eigenvalue weighted by Crippen LogP contribution is 2.27. The van der Waals surface area contributed by atoms with Gasteiger partial charge in [0.05, 0.1) is 19.2 Å². The summed E-state index contributed by atoms with van der Waals surface area (Å²) in [7, 11) is 0. The van der Waals surface area contributed by atoms with Crippen LogP contribution in [0.5, 0.6) is 0 Å². The van der Waals surface area contributed by atoms with E-state index in [0.717, 1.165) is 13.1 Å². The van der Waals surface area contributed by atoms with E-state index < -0.39 is 0 Å². The third-order valence-corrected chi connectivity index (χ3v) is 3.46. The lowest BCUT2D eigenvalue weighted by molar-refractivity contribution is 0.0763. The Morgan fingerprint density at radius 2 is 2.32 bits per heavy atom. The molecule has 0 bridgehead atoms. The van der Waals surface area contributed by atoms with Crippen molar-refractivity contribution in [2.75, 3.05) is 31.1 Å². The van der Waals surface area contributed by atoms with Crippen LogP contribution in [0.15, 0.2) is 24.3 Å². The van der Waals surface area contributed by atoms with Crippen molar-refractivity contribution in [3.05, 3.63) is 29.8 Å². The second-order valence-corrected chi connectivity index (χ2v) is 4.77. The van der Waals surface area contributed by atoms with Crippen LogP contribution < -0.4 is 10.2 Å². The molecule has 4 heteroatoms. The third kappa shape index (κ3) is 3.25. The zero-order valence-corrected chi connectivity index (χ0v) is 11.6. The summed E-state index contributed by atoms with van der Waals surface area (Å²) < 4.78 is 5.41. The molecular weight excluding hydrogens is 238 g/mol. The summed E-state index contributed by atoms with van der Waals surface area (Å²) in [5, 5.41) is 12.4. The molecule has 0 radical (unpaired) electrons. The summed E-state index contributed by atoms with van der Waals surface area (Å²) in [5.41, 5.74) is 2.49. The maximum absolute atomic E-state index is 9.00. The van der Waals surface area contributed by atoms with E-state index in [1.165, 1.54) is 11.3 Å². The molecule has 1 N–H and O–H groups in total. The van der Waals surface area contributed by atoms with E-state index in [1.54, 1.807) is 0 Å². The van der Waals surface area contributed by atoms with E-state index in [2.05, 4.69) is 48.3 Å². The van der Waals surface area contributed by atoms with Crippen molar-refractivity contribution in [1.82, 2.24) is 5.32 Å². The standard InChI is InChI=1S/C15H21N3O/c1-3-17-12(2)14-6-4-5-7-15(14)18-8-9-19-13(10-16)11-18/h4-7,12-13,17H,3,8-9,11H2,1-2H3. The van der Waals surface area contributed by atoms with Gasteiger partial charge in [0.2, 0.25) is 0 Å². The number of ether oxygens (including phenoxy) is 1. The van der Waals surface area contributed by atoms with Gasteiger partial charge in [-0.1, -0.05) is 25.1 Å². The van der Waals surface area contributed by atoms with Crippen molar-refractivity contribution in [3.8, 4) is 6.07 Å². The van der Waals surface area contributed by atoms with Gasteiger partial charge in [0.1, 0.15) is 0 Å². The van der Waals surface area contributed by atoms with Crippen LogP contribution in [0.2, 0.25) is 0 Å². The summed E-state index contributed by atoms with van der Waals surface area (Å²) in [5.74, 6) is 0. The molecule has 1 aliphatic rings. The fraction of sp³-hybridized carbons (Fsp3) is 0.533. The van der Waals surface area contributed by atoms with Gasteiger partial charge in [-0.15, -0.1) is 0 Å². The minimum Gasteiger partial charge on any atom is -0.365 e. The van der Waals surface area contributed by atoms with Crippen LogP contribution in [-0.2, 0) is 4.74 Å². The molecule has 0 aromatic heterocycles. The number of anilines is 1. The van der Waals surface area contributed by atoms with Gasteiger partial charge in [-0.3, -0.25) is 0 Å². The largest absolute Gasteiger partial charge is 0.365 e. The van der Waals surface area contributed by atoms with E-state index >= 15 is 0 Å². The molecule has 19 heavy (non-hydrogen) atoms. The molecule has 1 aromatic rings. The van der Waals surface area contributed by atoms with Gasteiger partial charge in [0, 0.05) is 18.3 Å². The topological polar surface area (TPSA) is 48.3 Å². The van der Waals surface area contributed by atoms with Crippen LogP contribution in [-0.4, -0.2) is 32.3 Å². The number of rotatable bonds is 4. The van der Waals surface area contributed by atoms with Gasteiger partial charge in [-0.25, -0.2) is 0 Å². The quantitative estimate of drug-likeness (QED) is 0.899. The number of nitrogens with one attached hydrogen (secondary N) is 1. The van der Waals surface area contributed by atoms with E-state index in [1.807, 2.05) is 6.07 Å². The molecule has 1 aliphatic heterocycles. The molecule has 1 saturated heterocycles. The Balaban J connectivity index is 2.21. The summed E-state index contributed by atoms with van der Waals surface area (Å²) in [6.07, 6.45) is -0.323. The Morgan fingerprint density at radius 1 is 1.53 bits per heavy atom. The molecule has 0 spiro atoms. The summed E-state index contributed by atoms with van der Waals surface area (Å²) in [6, 6.07) is 10.9. The Kier molecular flexibility index (Phi) is 4.78. The van der Waals surface area contributed by atoms with Crippen molar-refractivity contribution in [1.29, 1.82) is 5.26 Å². The van der Waals surface area contributed by atoms with Crippen LogP contribution in [0.3, 0.4) is 0 Å². The van der Waals surface area contributed by atoms with Gasteiger partial charge in [-0.05, 0) is 25.1 Å². The van der Waals surface area contributed by atoms with E-state index in [4.69, 9.17) is 10.00 Å². The summed E-state index contributed by atoms with van der Waals surface area (Å²) in [4.78, 5) is 2.25. The van der Waals surface area contributed by atoms with Crippen LogP contribution in [0.1, 0.15) is 25.5 Å². The van der Waals surface area contributed by atoms with Crippen LogP contribution in [0, 0.1) is 11.3 Å². The lowest BCUT2D eigenvalue weighted by Gasteiger charge is -2.34. The van der Waals surface area contributed by atoms with E-state index in [9.17, 15) is 0 Å². The third-order valence-electron chi connectivity index (χ3n) is 3.46. The molecule has 2 rings (SSSR count). The number of morpholine rings is 1. The van der Waals surface area contributed by atoms with Crippen molar-refractivity contribution in [2.45, 2.75) is 26.0 Å². The molecule has 0 saturated carbocycles. The number of nitriles is 1. The van der Waals surface area contributed by atoms with Crippen molar-refractivity contribution in [3.63, 3.8) is 0 Å². The van der Waals surface area contributed by atoms with E-state index in [-0.39, 0.29) is 6.10 Å². The number of hydrogen-bond donors (Lipinski definition) is 1. The fourth-order valence-corrected chi connectivity index (χ4v) is 2.50. The summed E-state index contributed by atoms with van der Waals surface area (Å²) in [6.45, 7) is 7.33. The van der Waals surface area contributed by atoms with Crippen molar-refractivity contribution >= 4 is 5.69 Å². The Bertz CT molecular complexity index is 455. The first kappa shape index (κ1) is 13.9. The average molecular weight is 259 g/mol. The van der Waals surface area contributed by atoms with Gasteiger partial charge < -0.3 is 15.0 Å². The number of benzene rings is 1. The molecule has 102 valence electrons. The number of nitrogens with zero attached hydrogens (tertiary/aromatic N) is 2. The van der Waals surface area contributed by atoms with Gasteiger partial charge in [0.15, 0.2) is 6.10 Å². The zero-order chi connectivity index (χ0) is 13.7. The second-order valence-electron chi connectivity index (χ2n) is 4.77. The highest BCUT2D eigenvalue weighted by atomic mass is 16.5. The maximum atomic E-state index is 9.00. The second kappa shape index (κ2) is 6.55. The fourth-order valence-electron chi connectivity index (χ4n) is 2.50. The maximum Gasteiger partial charge on any atom is 0.161 e. The molecule has 0 amide bonds. The highest BCUT2D eigenvalue weighted by molar-refractivity contribution is 5.55. The first-order chi connectivity index (χ1) is 9.26. The van der Waals surface area contributed by atoms with Crippen LogP contribution in [0.4, 0.5) is 5.69 Å². The Morgan fingerprint density at radius 3 is 3.05 bits per heavy atom. The normalized spacial score (nSPS) is 20.9.